The second-order valence-electron chi connectivity index (χ2n) is 5.23. The van der Waals surface area contributed by atoms with Crippen LogP contribution in [-0.2, 0) is 4.79 Å². The molecule has 0 aliphatic heterocycles. The van der Waals surface area contributed by atoms with E-state index >= 15 is 0 Å². The van der Waals surface area contributed by atoms with Gasteiger partial charge in [0.05, 0.1) is 16.7 Å². The zero-order valence-electron chi connectivity index (χ0n) is 13.8. The molecule has 9 heteroatoms. The Morgan fingerprint density at radius 1 is 1.27 bits per heavy atom. The molecule has 2 aromatic rings. The van der Waals surface area contributed by atoms with E-state index in [9.17, 15) is 19.7 Å². The summed E-state index contributed by atoms with van der Waals surface area (Å²) in [7, 11) is 0. The number of hydrazone groups is 1. The summed E-state index contributed by atoms with van der Waals surface area (Å²) in [5.41, 5.74) is 8.29. The second kappa shape index (κ2) is 8.38. The molecule has 2 amide bonds. The Hall–Kier alpha value is -3.75. The Morgan fingerprint density at radius 3 is 2.58 bits per heavy atom. The van der Waals surface area contributed by atoms with Gasteiger partial charge in [-0.1, -0.05) is 6.07 Å². The molecule has 3 N–H and O–H groups in total. The van der Waals surface area contributed by atoms with Crippen LogP contribution in [0.4, 0.5) is 5.69 Å². The Kier molecular flexibility index (Phi) is 5.99. The van der Waals surface area contributed by atoms with Gasteiger partial charge < -0.3 is 10.5 Å². The fraction of sp³-hybridized carbons (Fsp3) is 0.118. The maximum Gasteiger partial charge on any atom is 0.273 e. The zero-order valence-corrected chi connectivity index (χ0v) is 13.8. The Bertz CT molecular complexity index is 862. The van der Waals surface area contributed by atoms with E-state index in [1.807, 2.05) is 0 Å². The fourth-order valence-corrected chi connectivity index (χ4v) is 2.10. The van der Waals surface area contributed by atoms with Gasteiger partial charge in [-0.3, -0.25) is 19.7 Å². The largest absolute Gasteiger partial charge is 0.484 e. The number of hydrogen-bond donors (Lipinski definition) is 2. The minimum atomic E-state index is -0.574. The van der Waals surface area contributed by atoms with Crippen molar-refractivity contribution in [1.82, 2.24) is 5.43 Å². The number of ether oxygens (including phenoxy) is 1. The molecular formula is C17H16N4O5. The fourth-order valence-electron chi connectivity index (χ4n) is 2.10. The number of benzene rings is 2. The van der Waals surface area contributed by atoms with Crippen LogP contribution < -0.4 is 15.9 Å². The highest BCUT2D eigenvalue weighted by atomic mass is 16.6. The van der Waals surface area contributed by atoms with Crippen LogP contribution in [-0.4, -0.2) is 29.6 Å². The number of nitrogens with one attached hydrogen (secondary N) is 1. The molecule has 0 aromatic heterocycles. The van der Waals surface area contributed by atoms with E-state index < -0.39 is 16.7 Å². The average Bonchev–Trinajstić information content (AvgIpc) is 2.60. The Labute approximate surface area is 148 Å². The van der Waals surface area contributed by atoms with E-state index in [-0.39, 0.29) is 23.4 Å². The van der Waals surface area contributed by atoms with Crippen molar-refractivity contribution in [2.45, 2.75) is 6.92 Å². The van der Waals surface area contributed by atoms with E-state index in [2.05, 4.69) is 10.5 Å². The van der Waals surface area contributed by atoms with Gasteiger partial charge in [0.15, 0.2) is 6.61 Å². The predicted molar refractivity (Wildman–Crippen MR) is 94.0 cm³/mol. The van der Waals surface area contributed by atoms with Crippen molar-refractivity contribution >= 4 is 23.7 Å². The van der Waals surface area contributed by atoms with Gasteiger partial charge >= 0.3 is 0 Å². The van der Waals surface area contributed by atoms with Gasteiger partial charge in [-0.2, -0.15) is 5.10 Å². The van der Waals surface area contributed by atoms with Crippen molar-refractivity contribution in [3.63, 3.8) is 0 Å². The van der Waals surface area contributed by atoms with Crippen molar-refractivity contribution in [3.05, 3.63) is 69.3 Å². The molecule has 0 bridgehead atoms. The highest BCUT2D eigenvalue weighted by molar-refractivity contribution is 5.97. The predicted octanol–water partition coefficient (Wildman–Crippen LogP) is 1.53. The minimum absolute atomic E-state index is 0.131. The molecule has 0 radical (unpaired) electrons. The van der Waals surface area contributed by atoms with Crippen molar-refractivity contribution in [3.8, 4) is 5.75 Å². The molecule has 0 aliphatic carbocycles. The first-order valence-corrected chi connectivity index (χ1v) is 7.47. The molecule has 9 nitrogen and oxygen atoms in total. The number of nitro benzene ring substituents is 1. The van der Waals surface area contributed by atoms with Crippen LogP contribution in [0.5, 0.6) is 5.75 Å². The first kappa shape index (κ1) is 18.6. The second-order valence-corrected chi connectivity index (χ2v) is 5.23. The number of nitrogens with two attached hydrogens (primary N) is 1. The topological polar surface area (TPSA) is 137 Å². The molecule has 2 rings (SSSR count). The van der Waals surface area contributed by atoms with Crippen LogP contribution >= 0.6 is 0 Å². The summed E-state index contributed by atoms with van der Waals surface area (Å²) in [4.78, 5) is 33.1. The number of primary amides is 1. The van der Waals surface area contributed by atoms with Gasteiger partial charge in [0.2, 0.25) is 0 Å². The lowest BCUT2D eigenvalue weighted by atomic mass is 10.1. The molecule has 0 heterocycles. The molecule has 0 saturated heterocycles. The molecule has 0 spiro atoms. The van der Waals surface area contributed by atoms with E-state index in [4.69, 9.17) is 10.5 Å². The molecule has 0 atom stereocenters. The lowest BCUT2D eigenvalue weighted by Crippen LogP contribution is -2.20. The normalized spacial score (nSPS) is 10.5. The number of hydrogen-bond acceptors (Lipinski definition) is 6. The number of nitro groups is 1. The molecule has 134 valence electrons. The lowest BCUT2D eigenvalue weighted by molar-refractivity contribution is -0.385. The van der Waals surface area contributed by atoms with Crippen LogP contribution in [0.15, 0.2) is 47.6 Å². The first-order valence-electron chi connectivity index (χ1n) is 7.47. The van der Waals surface area contributed by atoms with Crippen LogP contribution in [0.3, 0.4) is 0 Å². The molecule has 2 aromatic carbocycles. The average molecular weight is 356 g/mol. The standard InChI is InChI=1S/C17H16N4O5/c1-11-14(3-2-4-15(11)21(24)25)17(23)20-19-9-12-5-7-13(8-6-12)26-10-16(18)22/h2-9H,10H2,1H3,(H2,18,22)(H,20,23)/b19-9-. The van der Waals surface area contributed by atoms with Crippen LogP contribution in [0.25, 0.3) is 0 Å². The zero-order chi connectivity index (χ0) is 19.1. The molecule has 26 heavy (non-hydrogen) atoms. The third-order valence-electron chi connectivity index (χ3n) is 3.39. The highest BCUT2D eigenvalue weighted by Gasteiger charge is 2.17. The summed E-state index contributed by atoms with van der Waals surface area (Å²) < 4.78 is 5.12. The molecule has 0 unspecified atom stereocenters. The van der Waals surface area contributed by atoms with Gasteiger partial charge in [0.25, 0.3) is 17.5 Å². The van der Waals surface area contributed by atoms with Crippen molar-refractivity contribution in [2.75, 3.05) is 6.61 Å². The Morgan fingerprint density at radius 2 is 1.96 bits per heavy atom. The number of nitrogens with zero attached hydrogens (tertiary/aromatic N) is 2. The monoisotopic (exact) mass is 356 g/mol. The molecule has 0 fully saturated rings. The van der Waals surface area contributed by atoms with Gasteiger partial charge in [-0.05, 0) is 42.8 Å². The third-order valence-corrected chi connectivity index (χ3v) is 3.39. The van der Waals surface area contributed by atoms with Gasteiger partial charge in [0, 0.05) is 11.6 Å². The van der Waals surface area contributed by atoms with Crippen molar-refractivity contribution < 1.29 is 19.2 Å². The third kappa shape index (κ3) is 4.87. The number of carbonyl (C=O) groups is 2. The van der Waals surface area contributed by atoms with Crippen LogP contribution in [0.1, 0.15) is 21.5 Å². The first-order chi connectivity index (χ1) is 12.4. The minimum Gasteiger partial charge on any atom is -0.484 e. The number of rotatable bonds is 7. The Balaban J connectivity index is 2.00. The molecule has 0 aliphatic rings. The summed E-state index contributed by atoms with van der Waals surface area (Å²) >= 11 is 0. The SMILES string of the molecule is Cc1c(C(=O)N/N=C\c2ccc(OCC(N)=O)cc2)cccc1[N+](=O)[O-]. The van der Waals surface area contributed by atoms with E-state index in [0.29, 0.717) is 11.3 Å². The maximum absolute atomic E-state index is 12.1. The molecular weight excluding hydrogens is 340 g/mol. The highest BCUT2D eigenvalue weighted by Crippen LogP contribution is 2.20. The van der Waals surface area contributed by atoms with E-state index in [1.165, 1.54) is 31.3 Å². The van der Waals surface area contributed by atoms with Crippen molar-refractivity contribution in [1.29, 1.82) is 0 Å². The van der Waals surface area contributed by atoms with E-state index in [0.717, 1.165) is 0 Å². The van der Waals surface area contributed by atoms with Crippen molar-refractivity contribution in [2.24, 2.45) is 10.8 Å². The summed E-state index contributed by atoms with van der Waals surface area (Å²) in [6, 6.07) is 10.8. The summed E-state index contributed by atoms with van der Waals surface area (Å²) in [6.07, 6.45) is 1.41. The summed E-state index contributed by atoms with van der Waals surface area (Å²) in [5, 5.41) is 14.7. The van der Waals surface area contributed by atoms with Crippen LogP contribution in [0.2, 0.25) is 0 Å². The number of amides is 2. The van der Waals surface area contributed by atoms with Gasteiger partial charge in [0.1, 0.15) is 5.75 Å². The van der Waals surface area contributed by atoms with Gasteiger partial charge in [-0.15, -0.1) is 0 Å². The quantitative estimate of drug-likeness (QED) is 0.440. The van der Waals surface area contributed by atoms with Crippen LogP contribution in [0, 0.1) is 17.0 Å². The lowest BCUT2D eigenvalue weighted by Gasteiger charge is -2.05. The van der Waals surface area contributed by atoms with E-state index in [1.54, 1.807) is 24.3 Å². The summed E-state index contributed by atoms with van der Waals surface area (Å²) in [6.45, 7) is 1.29. The summed E-state index contributed by atoms with van der Waals surface area (Å²) in [5.74, 6) is -0.657. The molecule has 0 saturated carbocycles. The van der Waals surface area contributed by atoms with Gasteiger partial charge in [-0.25, -0.2) is 5.43 Å². The number of carbonyl (C=O) groups excluding carboxylic acids is 2. The maximum atomic E-state index is 12.1. The smallest absolute Gasteiger partial charge is 0.273 e.